The summed E-state index contributed by atoms with van der Waals surface area (Å²) in [7, 11) is 1.58. The highest BCUT2D eigenvalue weighted by molar-refractivity contribution is 7.90. The molecule has 0 bridgehead atoms. The van der Waals surface area contributed by atoms with E-state index in [1.807, 2.05) is 59.7 Å². The van der Waals surface area contributed by atoms with E-state index in [1.54, 1.807) is 7.11 Å². The van der Waals surface area contributed by atoms with Gasteiger partial charge in [-0.3, -0.25) is 0 Å². The number of nitrogens with one attached hydrogen (secondary N) is 1. The van der Waals surface area contributed by atoms with Gasteiger partial charge in [0.15, 0.2) is 0 Å². The lowest BCUT2D eigenvalue weighted by molar-refractivity contribution is 0.243. The van der Waals surface area contributed by atoms with Crippen LogP contribution in [0.3, 0.4) is 0 Å². The Morgan fingerprint density at radius 2 is 1.85 bits per heavy atom. The highest BCUT2D eigenvalue weighted by Gasteiger charge is 2.29. The number of hydrogen-bond acceptors (Lipinski definition) is 5. The first-order valence-electron chi connectivity index (χ1n) is 8.55. The minimum atomic E-state index is -1.21. The second-order valence-electron chi connectivity index (χ2n) is 7.45. The Labute approximate surface area is 163 Å². The van der Waals surface area contributed by atoms with Gasteiger partial charge in [0.2, 0.25) is 5.88 Å². The monoisotopic (exact) mass is 398 g/mol. The maximum absolute atomic E-state index is 12.4. The molecule has 0 aliphatic rings. The van der Waals surface area contributed by atoms with Gasteiger partial charge in [-0.15, -0.1) is 4.72 Å². The molecule has 0 saturated carbocycles. The summed E-state index contributed by atoms with van der Waals surface area (Å²) < 4.78 is 26.4. The Morgan fingerprint density at radius 1 is 1.19 bits per heavy atom. The maximum Gasteiger partial charge on any atom is 0.218 e. The van der Waals surface area contributed by atoms with Gasteiger partial charge in [0.1, 0.15) is 10.5 Å². The molecule has 1 heterocycles. The van der Waals surface area contributed by atoms with Gasteiger partial charge < -0.3 is 14.0 Å². The molecule has 2 rings (SSSR count). The summed E-state index contributed by atoms with van der Waals surface area (Å²) in [6, 6.07) is 5.41. The summed E-state index contributed by atoms with van der Waals surface area (Å²) in [6.07, 6.45) is 0.0164. The average Bonchev–Trinajstić information content (AvgIpc) is 2.53. The summed E-state index contributed by atoms with van der Waals surface area (Å²) in [4.78, 5) is 4.59. The summed E-state index contributed by atoms with van der Waals surface area (Å²) >= 11 is 5.14. The van der Waals surface area contributed by atoms with Gasteiger partial charge in [-0.2, -0.15) is 0 Å². The van der Waals surface area contributed by atoms with Gasteiger partial charge in [0.05, 0.1) is 29.8 Å². The van der Waals surface area contributed by atoms with E-state index < -0.39 is 11.4 Å². The largest absolute Gasteiger partial charge is 0.598 e. The van der Waals surface area contributed by atoms with Crippen molar-refractivity contribution >= 4 is 33.9 Å². The Hall–Kier alpha value is -1.21. The Bertz CT molecular complexity index is 777. The van der Waals surface area contributed by atoms with Crippen LogP contribution >= 0.6 is 11.6 Å². The average molecular weight is 399 g/mol. The molecule has 0 saturated heterocycles. The third-order valence-electron chi connectivity index (χ3n) is 3.72. The van der Waals surface area contributed by atoms with Crippen molar-refractivity contribution in [3.05, 3.63) is 28.8 Å². The van der Waals surface area contributed by atoms with E-state index in [0.717, 1.165) is 16.5 Å². The zero-order chi connectivity index (χ0) is 19.6. The number of nitrogens with zero attached hydrogens (tertiary/aromatic N) is 1. The molecule has 0 radical (unpaired) electrons. The van der Waals surface area contributed by atoms with Crippen molar-refractivity contribution in [3.63, 3.8) is 0 Å². The van der Waals surface area contributed by atoms with E-state index in [-0.39, 0.29) is 16.9 Å². The molecule has 2 unspecified atom stereocenters. The fourth-order valence-electron chi connectivity index (χ4n) is 2.39. The number of aromatic nitrogens is 1. The van der Waals surface area contributed by atoms with Gasteiger partial charge in [-0.05, 0) is 53.7 Å². The number of methoxy groups -OCH3 is 1. The summed E-state index contributed by atoms with van der Waals surface area (Å²) in [6.45, 7) is 11.6. The van der Waals surface area contributed by atoms with Crippen molar-refractivity contribution in [2.75, 3.05) is 7.11 Å². The lowest BCUT2D eigenvalue weighted by Crippen LogP contribution is -2.40. The first-order chi connectivity index (χ1) is 12.0. The van der Waals surface area contributed by atoms with E-state index in [1.165, 1.54) is 0 Å². The van der Waals surface area contributed by atoms with Crippen molar-refractivity contribution in [1.82, 2.24) is 9.71 Å². The SMILES string of the molecule is COc1nc2cc(OC(C)C)c(Cl)cc2cc1C(C)N[S+]([O-])C(C)(C)C. The van der Waals surface area contributed by atoms with Gasteiger partial charge in [0.25, 0.3) is 0 Å². The maximum atomic E-state index is 12.4. The normalized spacial score (nSPS) is 14.5. The van der Waals surface area contributed by atoms with Crippen LogP contribution in [-0.4, -0.2) is 27.5 Å². The Kier molecular flexibility index (Phi) is 6.66. The summed E-state index contributed by atoms with van der Waals surface area (Å²) in [5.41, 5.74) is 1.56. The van der Waals surface area contributed by atoms with E-state index in [2.05, 4.69) is 9.71 Å². The third-order valence-corrected chi connectivity index (χ3v) is 5.70. The van der Waals surface area contributed by atoms with E-state index in [4.69, 9.17) is 21.1 Å². The highest BCUT2D eigenvalue weighted by Crippen LogP contribution is 2.34. The standard InChI is InChI=1S/C19H27ClN2O3S/c1-11(2)25-17-10-16-13(9-15(17)20)8-14(18(21-16)24-7)12(3)22-26(23)19(4,5)6/h8-12,22H,1-7H3. The summed E-state index contributed by atoms with van der Waals surface area (Å²) in [5.74, 6) is 1.08. The van der Waals surface area contributed by atoms with Gasteiger partial charge in [0, 0.05) is 28.4 Å². The van der Waals surface area contributed by atoms with Crippen LogP contribution in [0.2, 0.25) is 5.02 Å². The second kappa shape index (κ2) is 8.21. The molecule has 144 valence electrons. The molecular weight excluding hydrogens is 372 g/mol. The fourth-order valence-corrected chi connectivity index (χ4v) is 3.41. The zero-order valence-corrected chi connectivity index (χ0v) is 17.9. The van der Waals surface area contributed by atoms with E-state index >= 15 is 0 Å². The molecule has 2 aromatic rings. The topological polar surface area (TPSA) is 66.4 Å². The first-order valence-corrected chi connectivity index (χ1v) is 10.1. The van der Waals surface area contributed by atoms with Crippen LogP contribution < -0.4 is 14.2 Å². The molecule has 26 heavy (non-hydrogen) atoms. The molecule has 2 atom stereocenters. The van der Waals surface area contributed by atoms with Gasteiger partial charge >= 0.3 is 0 Å². The highest BCUT2D eigenvalue weighted by atomic mass is 35.5. The molecule has 0 spiro atoms. The lowest BCUT2D eigenvalue weighted by atomic mass is 10.1. The molecule has 1 aromatic carbocycles. The Morgan fingerprint density at radius 3 is 2.38 bits per heavy atom. The number of fused-ring (bicyclic) bond motifs is 1. The third kappa shape index (κ3) is 4.94. The molecule has 7 heteroatoms. The van der Waals surface area contributed by atoms with Crippen LogP contribution in [0.4, 0.5) is 0 Å². The van der Waals surface area contributed by atoms with Gasteiger partial charge in [-0.1, -0.05) is 11.6 Å². The molecule has 0 amide bonds. The van der Waals surface area contributed by atoms with Crippen LogP contribution in [0.1, 0.15) is 53.1 Å². The smallest absolute Gasteiger partial charge is 0.218 e. The minimum Gasteiger partial charge on any atom is -0.598 e. The molecular formula is C19H27ClN2O3S. The zero-order valence-electron chi connectivity index (χ0n) is 16.3. The fraction of sp³-hybridized carbons (Fsp3) is 0.526. The molecule has 1 N–H and O–H groups in total. The molecule has 0 aliphatic heterocycles. The van der Waals surface area contributed by atoms with Crippen LogP contribution in [0.5, 0.6) is 11.6 Å². The Balaban J connectivity index is 2.44. The van der Waals surface area contributed by atoms with Crippen LogP contribution in [0.15, 0.2) is 18.2 Å². The number of hydrogen-bond donors (Lipinski definition) is 1. The van der Waals surface area contributed by atoms with Crippen molar-refractivity contribution in [2.45, 2.75) is 58.4 Å². The number of halogens is 1. The predicted molar refractivity (Wildman–Crippen MR) is 109 cm³/mol. The lowest BCUT2D eigenvalue weighted by Gasteiger charge is -2.27. The number of benzene rings is 1. The first kappa shape index (κ1) is 21.1. The van der Waals surface area contributed by atoms with E-state index in [9.17, 15) is 4.55 Å². The molecule has 5 nitrogen and oxygen atoms in total. The summed E-state index contributed by atoms with van der Waals surface area (Å²) in [5, 5.41) is 1.40. The van der Waals surface area contributed by atoms with Crippen molar-refractivity contribution in [2.24, 2.45) is 0 Å². The molecule has 0 fully saturated rings. The number of rotatable bonds is 6. The predicted octanol–water partition coefficient (Wildman–Crippen LogP) is 4.80. The number of pyridine rings is 1. The van der Waals surface area contributed by atoms with Crippen LogP contribution in [0.25, 0.3) is 10.9 Å². The van der Waals surface area contributed by atoms with Crippen molar-refractivity contribution < 1.29 is 14.0 Å². The van der Waals surface area contributed by atoms with E-state index in [0.29, 0.717) is 16.7 Å². The minimum absolute atomic E-state index is 0.0164. The quantitative estimate of drug-likeness (QED) is 0.708. The van der Waals surface area contributed by atoms with Crippen molar-refractivity contribution in [1.29, 1.82) is 0 Å². The van der Waals surface area contributed by atoms with Crippen LogP contribution in [0, 0.1) is 0 Å². The second-order valence-corrected chi connectivity index (χ2v) is 9.85. The molecule has 1 aromatic heterocycles. The number of ether oxygens (including phenoxy) is 2. The van der Waals surface area contributed by atoms with Crippen molar-refractivity contribution in [3.8, 4) is 11.6 Å². The van der Waals surface area contributed by atoms with Gasteiger partial charge in [-0.25, -0.2) is 4.98 Å². The van der Waals surface area contributed by atoms with Crippen LogP contribution in [-0.2, 0) is 11.4 Å². The molecule has 0 aliphatic carbocycles.